The topological polar surface area (TPSA) is 9.72 Å². The number of likely N-dealkylation sites (tertiary alicyclic amines) is 1. The highest BCUT2D eigenvalue weighted by molar-refractivity contribution is 5.46. The van der Waals surface area contributed by atoms with E-state index in [1.54, 1.807) is 12.1 Å². The molecule has 2 fully saturated rings. The van der Waals surface area contributed by atoms with Crippen LogP contribution in [0.3, 0.4) is 0 Å². The van der Waals surface area contributed by atoms with Crippen molar-refractivity contribution < 1.29 is 4.39 Å². The molecule has 2 heterocycles. The molecule has 3 nitrogen and oxygen atoms in total. The summed E-state index contributed by atoms with van der Waals surface area (Å²) < 4.78 is 13.1. The van der Waals surface area contributed by atoms with E-state index in [1.165, 1.54) is 37.1 Å². The Morgan fingerprint density at radius 2 is 1.59 bits per heavy atom. The van der Waals surface area contributed by atoms with Gasteiger partial charge in [-0.05, 0) is 56.1 Å². The number of aryl methyl sites for hydroxylation is 1. The third kappa shape index (κ3) is 4.69. The lowest BCUT2D eigenvalue weighted by atomic mass is 10.0. The van der Waals surface area contributed by atoms with Crippen molar-refractivity contribution in [1.82, 2.24) is 9.80 Å². The number of rotatable bonds is 4. The van der Waals surface area contributed by atoms with Crippen molar-refractivity contribution in [2.24, 2.45) is 0 Å². The number of halogens is 1. The van der Waals surface area contributed by atoms with E-state index in [4.69, 9.17) is 0 Å². The van der Waals surface area contributed by atoms with Crippen molar-refractivity contribution in [3.63, 3.8) is 0 Å². The van der Waals surface area contributed by atoms with Gasteiger partial charge >= 0.3 is 0 Å². The average Bonchev–Trinajstić information content (AvgIpc) is 2.71. The van der Waals surface area contributed by atoms with Crippen LogP contribution in [0.5, 0.6) is 0 Å². The van der Waals surface area contributed by atoms with Gasteiger partial charge in [-0.3, -0.25) is 9.80 Å². The summed E-state index contributed by atoms with van der Waals surface area (Å²) in [6, 6.07) is 16.5. The van der Waals surface area contributed by atoms with Crippen LogP contribution in [0, 0.1) is 12.7 Å². The number of hydrogen-bond donors (Lipinski definition) is 0. The molecule has 2 aliphatic rings. The molecule has 0 radical (unpaired) electrons. The van der Waals surface area contributed by atoms with Gasteiger partial charge in [0.2, 0.25) is 0 Å². The quantitative estimate of drug-likeness (QED) is 0.811. The molecule has 4 rings (SSSR count). The second kappa shape index (κ2) is 8.41. The van der Waals surface area contributed by atoms with Gasteiger partial charge in [-0.15, -0.1) is 0 Å². The van der Waals surface area contributed by atoms with Gasteiger partial charge in [-0.1, -0.05) is 29.8 Å². The lowest BCUT2D eigenvalue weighted by Crippen LogP contribution is -2.55. The first-order chi connectivity index (χ1) is 13.2. The van der Waals surface area contributed by atoms with Crippen LogP contribution in [-0.2, 0) is 6.54 Å². The number of nitrogens with zero attached hydrogens (tertiary/aromatic N) is 3. The Labute approximate surface area is 162 Å². The van der Waals surface area contributed by atoms with Gasteiger partial charge in [0, 0.05) is 51.0 Å². The van der Waals surface area contributed by atoms with E-state index in [2.05, 4.69) is 45.9 Å². The first-order valence-corrected chi connectivity index (χ1v) is 10.2. The van der Waals surface area contributed by atoms with Crippen molar-refractivity contribution >= 4 is 5.69 Å². The van der Waals surface area contributed by atoms with Crippen LogP contribution in [-0.4, -0.2) is 55.1 Å². The van der Waals surface area contributed by atoms with Crippen LogP contribution in [0.2, 0.25) is 0 Å². The van der Waals surface area contributed by atoms with E-state index in [0.717, 1.165) is 38.4 Å². The molecule has 0 bridgehead atoms. The minimum Gasteiger partial charge on any atom is -0.369 e. The third-order valence-corrected chi connectivity index (χ3v) is 6.03. The Kier molecular flexibility index (Phi) is 5.74. The fraction of sp³-hybridized carbons (Fsp3) is 0.478. The maximum atomic E-state index is 13.1. The summed E-state index contributed by atoms with van der Waals surface area (Å²) in [4.78, 5) is 7.66. The van der Waals surface area contributed by atoms with Gasteiger partial charge < -0.3 is 4.90 Å². The van der Waals surface area contributed by atoms with E-state index in [9.17, 15) is 4.39 Å². The van der Waals surface area contributed by atoms with Gasteiger partial charge in [0.05, 0.1) is 0 Å². The largest absolute Gasteiger partial charge is 0.369 e. The second-order valence-electron chi connectivity index (χ2n) is 8.02. The molecule has 144 valence electrons. The van der Waals surface area contributed by atoms with E-state index >= 15 is 0 Å². The molecule has 2 aliphatic heterocycles. The van der Waals surface area contributed by atoms with Crippen LogP contribution in [0.4, 0.5) is 10.1 Å². The van der Waals surface area contributed by atoms with Crippen molar-refractivity contribution in [2.75, 3.05) is 44.2 Å². The molecule has 0 amide bonds. The van der Waals surface area contributed by atoms with Crippen molar-refractivity contribution in [1.29, 1.82) is 0 Å². The molecule has 4 heteroatoms. The summed E-state index contributed by atoms with van der Waals surface area (Å²) in [6.07, 6.45) is 2.59. The zero-order valence-corrected chi connectivity index (χ0v) is 16.3. The molecule has 1 atom stereocenters. The maximum Gasteiger partial charge on any atom is 0.123 e. The molecular formula is C23H30FN3. The highest BCUT2D eigenvalue weighted by atomic mass is 19.1. The third-order valence-electron chi connectivity index (χ3n) is 6.03. The van der Waals surface area contributed by atoms with Crippen LogP contribution in [0.15, 0.2) is 48.5 Å². The minimum atomic E-state index is -0.159. The lowest BCUT2D eigenvalue weighted by molar-refractivity contribution is 0.0888. The Morgan fingerprint density at radius 3 is 2.30 bits per heavy atom. The van der Waals surface area contributed by atoms with Gasteiger partial charge in [0.25, 0.3) is 0 Å². The Balaban J connectivity index is 1.30. The molecule has 0 saturated carbocycles. The summed E-state index contributed by atoms with van der Waals surface area (Å²) in [6.45, 7) is 9.84. The molecule has 0 spiro atoms. The summed E-state index contributed by atoms with van der Waals surface area (Å²) in [5.41, 5.74) is 3.89. The van der Waals surface area contributed by atoms with Gasteiger partial charge in [0.15, 0.2) is 0 Å². The average molecular weight is 368 g/mol. The number of piperazine rings is 1. The summed E-state index contributed by atoms with van der Waals surface area (Å²) in [5.74, 6) is -0.159. The fourth-order valence-corrected chi connectivity index (χ4v) is 4.42. The number of benzene rings is 2. The SMILES string of the molecule is Cc1ccc(CN2CCC[C@@H](N3CCN(c4ccc(F)cc4)CC3)C2)cc1. The molecule has 2 aromatic rings. The van der Waals surface area contributed by atoms with Gasteiger partial charge in [-0.25, -0.2) is 4.39 Å². The lowest BCUT2D eigenvalue weighted by Gasteiger charge is -2.44. The van der Waals surface area contributed by atoms with E-state index in [1.807, 2.05) is 12.1 Å². The first-order valence-electron chi connectivity index (χ1n) is 10.2. The van der Waals surface area contributed by atoms with E-state index in [-0.39, 0.29) is 5.82 Å². The van der Waals surface area contributed by atoms with Crippen LogP contribution < -0.4 is 4.90 Å². The van der Waals surface area contributed by atoms with Crippen LogP contribution >= 0.6 is 0 Å². The first kappa shape index (κ1) is 18.5. The molecule has 0 N–H and O–H groups in total. The predicted molar refractivity (Wildman–Crippen MR) is 110 cm³/mol. The predicted octanol–water partition coefficient (Wildman–Crippen LogP) is 3.92. The molecule has 2 aromatic carbocycles. The zero-order valence-electron chi connectivity index (χ0n) is 16.3. The van der Waals surface area contributed by atoms with E-state index in [0.29, 0.717) is 6.04 Å². The maximum absolute atomic E-state index is 13.1. The van der Waals surface area contributed by atoms with Crippen molar-refractivity contribution in [3.05, 3.63) is 65.5 Å². The molecule has 0 aliphatic carbocycles. The van der Waals surface area contributed by atoms with E-state index < -0.39 is 0 Å². The molecule has 2 saturated heterocycles. The number of hydrogen-bond acceptors (Lipinski definition) is 3. The summed E-state index contributed by atoms with van der Waals surface area (Å²) >= 11 is 0. The second-order valence-corrected chi connectivity index (χ2v) is 8.02. The van der Waals surface area contributed by atoms with Crippen LogP contribution in [0.1, 0.15) is 24.0 Å². The number of piperidine rings is 1. The van der Waals surface area contributed by atoms with Crippen LogP contribution in [0.25, 0.3) is 0 Å². The minimum absolute atomic E-state index is 0.159. The molecule has 0 unspecified atom stereocenters. The summed E-state index contributed by atoms with van der Waals surface area (Å²) in [7, 11) is 0. The normalized spacial score (nSPS) is 22.1. The number of anilines is 1. The van der Waals surface area contributed by atoms with Crippen molar-refractivity contribution in [3.8, 4) is 0 Å². The zero-order chi connectivity index (χ0) is 18.6. The van der Waals surface area contributed by atoms with Crippen molar-refractivity contribution in [2.45, 2.75) is 32.4 Å². The summed E-state index contributed by atoms with van der Waals surface area (Å²) in [5, 5.41) is 0. The Bertz CT molecular complexity index is 720. The highest BCUT2D eigenvalue weighted by Gasteiger charge is 2.28. The monoisotopic (exact) mass is 367 g/mol. The molecular weight excluding hydrogens is 337 g/mol. The molecule has 27 heavy (non-hydrogen) atoms. The smallest absolute Gasteiger partial charge is 0.123 e. The molecule has 0 aromatic heterocycles. The standard InChI is InChI=1S/C23H30FN3/c1-19-4-6-20(7-5-19)17-25-12-2-3-23(18-25)27-15-13-26(14-16-27)22-10-8-21(24)9-11-22/h4-11,23H,2-3,12-18H2,1H3/t23-/m1/s1. The highest BCUT2D eigenvalue weighted by Crippen LogP contribution is 2.22. The fourth-order valence-electron chi connectivity index (χ4n) is 4.42. The Morgan fingerprint density at radius 1 is 0.889 bits per heavy atom. The Hall–Kier alpha value is -1.91. The van der Waals surface area contributed by atoms with Gasteiger partial charge in [-0.2, -0.15) is 0 Å². The van der Waals surface area contributed by atoms with Gasteiger partial charge in [0.1, 0.15) is 5.82 Å².